The highest BCUT2D eigenvalue weighted by molar-refractivity contribution is 5.96. The minimum Gasteiger partial charge on any atom is -0.451 e. The van der Waals surface area contributed by atoms with Crippen molar-refractivity contribution in [3.63, 3.8) is 0 Å². The summed E-state index contributed by atoms with van der Waals surface area (Å²) in [6, 6.07) is 14.2. The van der Waals surface area contributed by atoms with Crippen LogP contribution >= 0.6 is 0 Å². The van der Waals surface area contributed by atoms with Crippen LogP contribution in [0.5, 0.6) is 0 Å². The minimum absolute atomic E-state index is 0.167. The maximum Gasteiger partial charge on any atom is 0.329 e. The van der Waals surface area contributed by atoms with Gasteiger partial charge in [0.15, 0.2) is 6.10 Å². The molecular formula is C24H30N2O4. The molecule has 0 bridgehead atoms. The quantitative estimate of drug-likeness (QED) is 0.652. The second-order valence-electron chi connectivity index (χ2n) is 7.84. The van der Waals surface area contributed by atoms with E-state index < -0.39 is 24.0 Å². The van der Waals surface area contributed by atoms with Crippen LogP contribution in [0, 0.1) is 19.8 Å². The van der Waals surface area contributed by atoms with Gasteiger partial charge in [-0.2, -0.15) is 0 Å². The fourth-order valence-electron chi connectivity index (χ4n) is 2.91. The van der Waals surface area contributed by atoms with Crippen molar-refractivity contribution >= 4 is 23.5 Å². The predicted molar refractivity (Wildman–Crippen MR) is 117 cm³/mol. The highest BCUT2D eigenvalue weighted by Gasteiger charge is 2.29. The molecule has 0 aliphatic heterocycles. The summed E-state index contributed by atoms with van der Waals surface area (Å²) < 4.78 is 5.36. The molecule has 2 rings (SSSR count). The SMILES string of the molecule is Cc1ccc(C)c(NC(=O)C(C)OC(=O)[C@@H](NC(=O)Cc2ccccc2)C(C)C)c1. The number of esters is 1. The molecule has 0 saturated heterocycles. The Balaban J connectivity index is 1.96. The van der Waals surface area contributed by atoms with E-state index >= 15 is 0 Å². The number of nitrogens with one attached hydrogen (secondary N) is 2. The normalized spacial score (nSPS) is 12.7. The summed E-state index contributed by atoms with van der Waals surface area (Å²) in [4.78, 5) is 37.5. The number of carbonyl (C=O) groups is 3. The summed E-state index contributed by atoms with van der Waals surface area (Å²) in [6.45, 7) is 8.97. The zero-order chi connectivity index (χ0) is 22.3. The van der Waals surface area contributed by atoms with E-state index in [0.717, 1.165) is 16.7 Å². The molecule has 0 aromatic heterocycles. The number of amides is 2. The van der Waals surface area contributed by atoms with Crippen molar-refractivity contribution in [2.24, 2.45) is 5.92 Å². The van der Waals surface area contributed by atoms with Gasteiger partial charge in [-0.1, -0.05) is 56.3 Å². The first-order valence-corrected chi connectivity index (χ1v) is 10.1. The first-order chi connectivity index (χ1) is 14.2. The van der Waals surface area contributed by atoms with E-state index in [1.54, 1.807) is 0 Å². The number of rotatable bonds is 8. The van der Waals surface area contributed by atoms with Gasteiger partial charge in [0.05, 0.1) is 6.42 Å². The van der Waals surface area contributed by atoms with Gasteiger partial charge >= 0.3 is 5.97 Å². The molecule has 0 spiro atoms. The van der Waals surface area contributed by atoms with Crippen LogP contribution in [0.25, 0.3) is 0 Å². The van der Waals surface area contributed by atoms with Gasteiger partial charge in [-0.15, -0.1) is 0 Å². The summed E-state index contributed by atoms with van der Waals surface area (Å²) >= 11 is 0. The Morgan fingerprint density at radius 3 is 2.27 bits per heavy atom. The van der Waals surface area contributed by atoms with Gasteiger partial charge in [0.1, 0.15) is 6.04 Å². The summed E-state index contributed by atoms with van der Waals surface area (Å²) in [5.41, 5.74) is 3.47. The van der Waals surface area contributed by atoms with E-state index in [9.17, 15) is 14.4 Å². The van der Waals surface area contributed by atoms with Crippen LogP contribution in [0.1, 0.15) is 37.5 Å². The Morgan fingerprint density at radius 1 is 0.967 bits per heavy atom. The fraction of sp³-hybridized carbons (Fsp3) is 0.375. The summed E-state index contributed by atoms with van der Waals surface area (Å²) in [6.07, 6.45) is -0.829. The maximum absolute atomic E-state index is 12.6. The average Bonchev–Trinajstić information content (AvgIpc) is 2.69. The molecule has 2 aromatic rings. The van der Waals surface area contributed by atoms with Crippen LogP contribution in [0.15, 0.2) is 48.5 Å². The number of anilines is 1. The molecule has 0 radical (unpaired) electrons. The zero-order valence-corrected chi connectivity index (χ0v) is 18.2. The molecule has 0 heterocycles. The molecule has 6 nitrogen and oxygen atoms in total. The number of hydrogen-bond donors (Lipinski definition) is 2. The molecule has 2 amide bonds. The summed E-state index contributed by atoms with van der Waals surface area (Å²) in [5.74, 6) is -1.51. The third-order valence-electron chi connectivity index (χ3n) is 4.76. The number of ether oxygens (including phenoxy) is 1. The van der Waals surface area contributed by atoms with Gasteiger partial charge in [0.2, 0.25) is 5.91 Å². The van der Waals surface area contributed by atoms with Crippen LogP contribution in [-0.2, 0) is 25.5 Å². The number of benzene rings is 2. The van der Waals surface area contributed by atoms with Gasteiger partial charge in [-0.25, -0.2) is 4.79 Å². The van der Waals surface area contributed by atoms with Gasteiger partial charge in [-0.3, -0.25) is 9.59 Å². The van der Waals surface area contributed by atoms with Crippen molar-refractivity contribution in [3.8, 4) is 0 Å². The van der Waals surface area contributed by atoms with E-state index in [0.29, 0.717) is 5.69 Å². The van der Waals surface area contributed by atoms with E-state index in [1.807, 2.05) is 76.2 Å². The van der Waals surface area contributed by atoms with Crippen molar-refractivity contribution < 1.29 is 19.1 Å². The molecule has 160 valence electrons. The van der Waals surface area contributed by atoms with E-state index in [2.05, 4.69) is 10.6 Å². The van der Waals surface area contributed by atoms with Gasteiger partial charge < -0.3 is 15.4 Å². The largest absolute Gasteiger partial charge is 0.451 e. The molecular weight excluding hydrogens is 380 g/mol. The maximum atomic E-state index is 12.6. The Bertz CT molecular complexity index is 893. The molecule has 0 aliphatic rings. The zero-order valence-electron chi connectivity index (χ0n) is 18.2. The lowest BCUT2D eigenvalue weighted by Crippen LogP contribution is -2.47. The van der Waals surface area contributed by atoms with Crippen LogP contribution in [0.2, 0.25) is 0 Å². The van der Waals surface area contributed by atoms with Gasteiger partial charge in [0.25, 0.3) is 5.91 Å². The molecule has 2 aromatic carbocycles. The lowest BCUT2D eigenvalue weighted by Gasteiger charge is -2.23. The molecule has 1 unspecified atom stereocenters. The number of aryl methyl sites for hydroxylation is 2. The molecule has 6 heteroatoms. The van der Waals surface area contributed by atoms with Gasteiger partial charge in [-0.05, 0) is 49.4 Å². The lowest BCUT2D eigenvalue weighted by atomic mass is 10.0. The van der Waals surface area contributed by atoms with E-state index in [1.165, 1.54) is 6.92 Å². The molecule has 30 heavy (non-hydrogen) atoms. The van der Waals surface area contributed by atoms with Crippen molar-refractivity contribution in [1.82, 2.24) is 5.32 Å². The van der Waals surface area contributed by atoms with E-state index in [-0.39, 0.29) is 18.2 Å². The molecule has 2 atom stereocenters. The monoisotopic (exact) mass is 410 g/mol. The standard InChI is InChI=1S/C24H30N2O4/c1-15(2)22(26-21(27)14-19-9-7-6-8-10-19)24(29)30-18(5)23(28)25-20-13-16(3)11-12-17(20)4/h6-13,15,18,22H,14H2,1-5H3,(H,25,28)(H,26,27)/t18?,22-/m0/s1. The summed E-state index contributed by atoms with van der Waals surface area (Å²) in [7, 11) is 0. The molecule has 0 fully saturated rings. The van der Waals surface area contributed by atoms with E-state index in [4.69, 9.17) is 4.74 Å². The third-order valence-corrected chi connectivity index (χ3v) is 4.76. The average molecular weight is 411 g/mol. The van der Waals surface area contributed by atoms with Crippen LogP contribution in [0.4, 0.5) is 5.69 Å². The highest BCUT2D eigenvalue weighted by atomic mass is 16.5. The van der Waals surface area contributed by atoms with Crippen LogP contribution in [-0.4, -0.2) is 29.9 Å². The topological polar surface area (TPSA) is 84.5 Å². The Hall–Kier alpha value is -3.15. The molecule has 0 aliphatic carbocycles. The Kier molecular flexibility index (Phi) is 8.16. The van der Waals surface area contributed by atoms with Crippen molar-refractivity contribution in [2.75, 3.05) is 5.32 Å². The Morgan fingerprint density at radius 2 is 1.63 bits per heavy atom. The van der Waals surface area contributed by atoms with Crippen LogP contribution < -0.4 is 10.6 Å². The van der Waals surface area contributed by atoms with Gasteiger partial charge in [0, 0.05) is 5.69 Å². The second kappa shape index (κ2) is 10.6. The smallest absolute Gasteiger partial charge is 0.329 e. The van der Waals surface area contributed by atoms with Crippen LogP contribution in [0.3, 0.4) is 0 Å². The first-order valence-electron chi connectivity index (χ1n) is 10.1. The first kappa shape index (κ1) is 23.1. The number of carbonyl (C=O) groups excluding carboxylic acids is 3. The predicted octanol–water partition coefficient (Wildman–Crippen LogP) is 3.56. The molecule has 2 N–H and O–H groups in total. The van der Waals surface area contributed by atoms with Crippen molar-refractivity contribution in [2.45, 2.75) is 53.2 Å². The highest BCUT2D eigenvalue weighted by Crippen LogP contribution is 2.17. The second-order valence-corrected chi connectivity index (χ2v) is 7.84. The minimum atomic E-state index is -0.996. The van der Waals surface area contributed by atoms with Crippen molar-refractivity contribution in [3.05, 3.63) is 65.2 Å². The molecule has 0 saturated carbocycles. The summed E-state index contributed by atoms with van der Waals surface area (Å²) in [5, 5.41) is 5.52. The Labute approximate surface area is 178 Å². The number of hydrogen-bond acceptors (Lipinski definition) is 4. The fourth-order valence-corrected chi connectivity index (χ4v) is 2.91. The van der Waals surface area contributed by atoms with Crippen molar-refractivity contribution in [1.29, 1.82) is 0 Å². The third kappa shape index (κ3) is 6.72. The lowest BCUT2D eigenvalue weighted by molar-refractivity contribution is -0.157.